The fourth-order valence-electron chi connectivity index (χ4n) is 4.06. The predicted octanol–water partition coefficient (Wildman–Crippen LogP) is 1.10. The van der Waals surface area contributed by atoms with Crippen LogP contribution in [-0.2, 0) is 24.8 Å². The number of hydrogen-bond donors (Lipinski definition) is 1. The number of rotatable bonds is 3. The van der Waals surface area contributed by atoms with E-state index in [1.165, 1.54) is 0 Å². The fourth-order valence-corrected chi connectivity index (χ4v) is 4.06. The molecule has 2 aromatic rings. The molecule has 1 N–H and O–H groups in total. The molecule has 29 heavy (non-hydrogen) atoms. The lowest BCUT2D eigenvalue weighted by molar-refractivity contribution is -0.0991. The van der Waals surface area contributed by atoms with Crippen molar-refractivity contribution in [3.63, 3.8) is 0 Å². The van der Waals surface area contributed by atoms with Gasteiger partial charge in [-0.25, -0.2) is 9.97 Å². The molecule has 0 atom stereocenters. The molecule has 2 aliphatic heterocycles. The van der Waals surface area contributed by atoms with Gasteiger partial charge in [0.25, 0.3) is 11.8 Å². The van der Waals surface area contributed by atoms with Crippen LogP contribution in [0, 0.1) is 0 Å². The van der Waals surface area contributed by atoms with Crippen molar-refractivity contribution in [2.75, 3.05) is 13.1 Å². The van der Waals surface area contributed by atoms with Gasteiger partial charge in [-0.15, -0.1) is 0 Å². The highest BCUT2D eigenvalue weighted by Crippen LogP contribution is 2.37. The molecule has 154 valence electrons. The van der Waals surface area contributed by atoms with E-state index in [1.54, 1.807) is 28.0 Å². The number of amides is 2. The largest absolute Gasteiger partial charge is 0.370 e. The summed E-state index contributed by atoms with van der Waals surface area (Å²) in [4.78, 5) is 34.9. The molecule has 4 heterocycles. The van der Waals surface area contributed by atoms with Crippen molar-refractivity contribution in [3.8, 4) is 0 Å². The molecule has 2 aliphatic rings. The van der Waals surface area contributed by atoms with Crippen LogP contribution in [0.2, 0.25) is 0 Å². The van der Waals surface area contributed by atoms with Crippen LogP contribution in [0.3, 0.4) is 0 Å². The SMILES string of the molecule is CC(C)NC(=O)c1nn(C)c2c1COC1(CCN(C(=O)c3ncccn3)CC1)C2. The summed E-state index contributed by atoms with van der Waals surface area (Å²) in [7, 11) is 1.87. The average Bonchev–Trinajstić information content (AvgIpc) is 3.04. The van der Waals surface area contributed by atoms with Crippen LogP contribution < -0.4 is 5.32 Å². The van der Waals surface area contributed by atoms with Gasteiger partial charge in [0.15, 0.2) is 5.69 Å². The van der Waals surface area contributed by atoms with Gasteiger partial charge in [0, 0.05) is 56.3 Å². The molecule has 0 aliphatic carbocycles. The zero-order valence-corrected chi connectivity index (χ0v) is 17.0. The van der Waals surface area contributed by atoms with Gasteiger partial charge in [0.1, 0.15) is 0 Å². The molecule has 2 amide bonds. The second kappa shape index (κ2) is 7.55. The van der Waals surface area contributed by atoms with Gasteiger partial charge in [0.2, 0.25) is 5.82 Å². The maximum Gasteiger partial charge on any atom is 0.291 e. The highest BCUT2D eigenvalue weighted by Gasteiger charge is 2.42. The number of nitrogens with zero attached hydrogens (tertiary/aromatic N) is 5. The number of carbonyl (C=O) groups is 2. The van der Waals surface area contributed by atoms with Crippen LogP contribution in [-0.4, -0.2) is 61.2 Å². The van der Waals surface area contributed by atoms with Gasteiger partial charge in [-0.1, -0.05) is 0 Å². The van der Waals surface area contributed by atoms with Crippen molar-refractivity contribution in [2.45, 2.75) is 51.4 Å². The van der Waals surface area contributed by atoms with Crippen molar-refractivity contribution >= 4 is 11.8 Å². The quantitative estimate of drug-likeness (QED) is 0.831. The highest BCUT2D eigenvalue weighted by molar-refractivity contribution is 5.94. The minimum Gasteiger partial charge on any atom is -0.370 e. The third-order valence-corrected chi connectivity index (χ3v) is 5.64. The Hall–Kier alpha value is -2.81. The normalized spacial score (nSPS) is 18.0. The molecule has 0 unspecified atom stereocenters. The van der Waals surface area contributed by atoms with E-state index < -0.39 is 0 Å². The minimum atomic E-state index is -0.332. The molecule has 1 spiro atoms. The van der Waals surface area contributed by atoms with E-state index in [0.717, 1.165) is 24.1 Å². The Morgan fingerprint density at radius 1 is 1.21 bits per heavy atom. The third-order valence-electron chi connectivity index (χ3n) is 5.64. The maximum atomic E-state index is 12.6. The molecular formula is C20H26N6O3. The number of piperidine rings is 1. The molecule has 0 saturated carbocycles. The Morgan fingerprint density at radius 2 is 1.90 bits per heavy atom. The van der Waals surface area contributed by atoms with Gasteiger partial charge in [0.05, 0.1) is 12.2 Å². The van der Waals surface area contributed by atoms with Crippen molar-refractivity contribution in [2.24, 2.45) is 7.05 Å². The number of aromatic nitrogens is 4. The zero-order valence-electron chi connectivity index (χ0n) is 17.0. The summed E-state index contributed by atoms with van der Waals surface area (Å²) < 4.78 is 8.07. The monoisotopic (exact) mass is 398 g/mol. The minimum absolute atomic E-state index is 0.0477. The van der Waals surface area contributed by atoms with Crippen molar-refractivity contribution in [1.82, 2.24) is 30.0 Å². The molecule has 9 nitrogen and oxygen atoms in total. The first-order valence-electron chi connectivity index (χ1n) is 9.94. The average molecular weight is 398 g/mol. The smallest absolute Gasteiger partial charge is 0.291 e. The number of aryl methyl sites for hydroxylation is 1. The van der Waals surface area contributed by atoms with E-state index in [2.05, 4.69) is 20.4 Å². The van der Waals surface area contributed by atoms with Gasteiger partial charge in [-0.2, -0.15) is 5.10 Å². The van der Waals surface area contributed by atoms with Crippen LogP contribution in [0.25, 0.3) is 0 Å². The molecule has 0 radical (unpaired) electrons. The number of nitrogens with one attached hydrogen (secondary N) is 1. The number of carbonyl (C=O) groups excluding carboxylic acids is 2. The Morgan fingerprint density at radius 3 is 2.55 bits per heavy atom. The van der Waals surface area contributed by atoms with E-state index >= 15 is 0 Å². The van der Waals surface area contributed by atoms with Crippen LogP contribution in [0.1, 0.15) is 59.1 Å². The lowest BCUT2D eigenvalue weighted by atomic mass is 9.83. The first-order chi connectivity index (χ1) is 13.9. The number of hydrogen-bond acceptors (Lipinski definition) is 6. The molecule has 0 bridgehead atoms. The molecular weight excluding hydrogens is 372 g/mol. The first-order valence-corrected chi connectivity index (χ1v) is 9.94. The van der Waals surface area contributed by atoms with E-state index in [4.69, 9.17) is 4.74 Å². The van der Waals surface area contributed by atoms with Crippen molar-refractivity contribution in [3.05, 3.63) is 41.2 Å². The Bertz CT molecular complexity index is 916. The van der Waals surface area contributed by atoms with Crippen molar-refractivity contribution < 1.29 is 14.3 Å². The van der Waals surface area contributed by atoms with E-state index in [9.17, 15) is 9.59 Å². The van der Waals surface area contributed by atoms with Crippen LogP contribution >= 0.6 is 0 Å². The van der Waals surface area contributed by atoms with E-state index in [0.29, 0.717) is 31.8 Å². The first kappa shape index (κ1) is 19.5. The predicted molar refractivity (Wildman–Crippen MR) is 104 cm³/mol. The Kier molecular flexibility index (Phi) is 5.08. The summed E-state index contributed by atoms with van der Waals surface area (Å²) in [6.45, 7) is 5.39. The summed E-state index contributed by atoms with van der Waals surface area (Å²) >= 11 is 0. The van der Waals surface area contributed by atoms with E-state index in [1.807, 2.05) is 20.9 Å². The Balaban J connectivity index is 1.46. The standard InChI is InChI=1S/C20H26N6O3/c1-13(2)23-18(27)16-14-12-29-20(11-15(14)25(3)24-16)5-9-26(10-6-20)19(28)17-21-7-4-8-22-17/h4,7-8,13H,5-6,9-12H2,1-3H3,(H,23,27). The highest BCUT2D eigenvalue weighted by atomic mass is 16.5. The van der Waals surface area contributed by atoms with Gasteiger partial charge < -0.3 is 15.0 Å². The molecule has 4 rings (SSSR count). The van der Waals surface area contributed by atoms with Gasteiger partial charge in [-0.05, 0) is 32.8 Å². The number of ether oxygens (including phenoxy) is 1. The van der Waals surface area contributed by atoms with Crippen LogP contribution in [0.15, 0.2) is 18.5 Å². The van der Waals surface area contributed by atoms with Crippen LogP contribution in [0.4, 0.5) is 0 Å². The second-order valence-electron chi connectivity index (χ2n) is 8.04. The maximum absolute atomic E-state index is 12.6. The fraction of sp³-hybridized carbons (Fsp3) is 0.550. The Labute approximate surface area is 169 Å². The molecule has 1 saturated heterocycles. The lowest BCUT2D eigenvalue weighted by Gasteiger charge is -2.43. The molecule has 0 aromatic carbocycles. The summed E-state index contributed by atoms with van der Waals surface area (Å²) in [6.07, 6.45) is 5.29. The van der Waals surface area contributed by atoms with Gasteiger partial charge in [-0.3, -0.25) is 14.3 Å². The van der Waals surface area contributed by atoms with E-state index in [-0.39, 0.29) is 29.3 Å². The molecule has 9 heteroatoms. The number of fused-ring (bicyclic) bond motifs is 1. The van der Waals surface area contributed by atoms with Gasteiger partial charge >= 0.3 is 0 Å². The summed E-state index contributed by atoms with van der Waals surface area (Å²) in [5, 5.41) is 7.35. The molecule has 2 aromatic heterocycles. The topological polar surface area (TPSA) is 102 Å². The van der Waals surface area contributed by atoms with Crippen LogP contribution in [0.5, 0.6) is 0 Å². The second-order valence-corrected chi connectivity index (χ2v) is 8.04. The third kappa shape index (κ3) is 3.74. The summed E-state index contributed by atoms with van der Waals surface area (Å²) in [5.41, 5.74) is 2.02. The zero-order chi connectivity index (χ0) is 20.6. The molecule has 1 fully saturated rings. The summed E-state index contributed by atoms with van der Waals surface area (Å²) in [5.74, 6) is -0.0902. The lowest BCUT2D eigenvalue weighted by Crippen LogP contribution is -2.51. The van der Waals surface area contributed by atoms with Crippen molar-refractivity contribution in [1.29, 1.82) is 0 Å². The number of likely N-dealkylation sites (tertiary alicyclic amines) is 1. The summed E-state index contributed by atoms with van der Waals surface area (Å²) in [6, 6.07) is 1.74.